The number of benzene rings is 2. The number of rotatable bonds is 8. The van der Waals surface area contributed by atoms with E-state index in [2.05, 4.69) is 0 Å². The van der Waals surface area contributed by atoms with Gasteiger partial charge in [-0.2, -0.15) is 0 Å². The Balaban J connectivity index is 2.26. The molecule has 0 radical (unpaired) electrons. The normalized spacial score (nSPS) is 21.8. The number of amides is 1. The molecule has 1 aliphatic rings. The van der Waals surface area contributed by atoms with Crippen molar-refractivity contribution in [1.82, 2.24) is 4.90 Å². The maximum Gasteiger partial charge on any atom is 0.306 e. The van der Waals surface area contributed by atoms with Gasteiger partial charge in [0.15, 0.2) is 9.84 Å². The van der Waals surface area contributed by atoms with E-state index in [0.717, 1.165) is 0 Å². The molecule has 2 aromatic carbocycles. The topological polar surface area (TPSA) is 101 Å². The number of aliphatic carboxylic acids is 1. The smallest absolute Gasteiger partial charge is 0.306 e. The van der Waals surface area contributed by atoms with E-state index in [-0.39, 0.29) is 11.7 Å². The molecule has 1 fully saturated rings. The lowest BCUT2D eigenvalue weighted by Crippen LogP contribution is -2.58. The Kier molecular flexibility index (Phi) is 9.00. The molecule has 1 aliphatic heterocycles. The summed E-state index contributed by atoms with van der Waals surface area (Å²) in [5, 5.41) is 10.5. The first-order valence-electron chi connectivity index (χ1n) is 12.0. The number of nitrogens with zero attached hydrogens (tertiary/aromatic N) is 1. The summed E-state index contributed by atoms with van der Waals surface area (Å²) in [5.74, 6) is -2.31. The molecule has 1 N–H and O–H groups in total. The molecule has 0 spiro atoms. The molecule has 37 heavy (non-hydrogen) atoms. The first-order valence-corrected chi connectivity index (χ1v) is 14.5. The van der Waals surface area contributed by atoms with E-state index < -0.39 is 57.2 Å². The standard InChI is InChI=1S/C27H33Cl2NO6S/c1-16(2)21(15-37(34,35)27(3,4)5)30-24(17-9-11-19(28)12-10-17)25(18-7-6-8-20(29)13-18)36-22(26(30)33)14-23(31)32/h6-13,16,21-22,24-25H,14-15H2,1-5H3,(H,31,32)/t21?,22-,24+,25?/m0/s1. The largest absolute Gasteiger partial charge is 0.481 e. The van der Waals surface area contributed by atoms with E-state index in [1.54, 1.807) is 69.3 Å². The van der Waals surface area contributed by atoms with Crippen LogP contribution in [0.1, 0.15) is 64.3 Å². The highest BCUT2D eigenvalue weighted by molar-refractivity contribution is 7.92. The maximum atomic E-state index is 13.9. The summed E-state index contributed by atoms with van der Waals surface area (Å²) in [6.45, 7) is 8.58. The minimum Gasteiger partial charge on any atom is -0.481 e. The minimum atomic E-state index is -3.65. The lowest BCUT2D eigenvalue weighted by molar-refractivity contribution is -0.184. The zero-order chi connectivity index (χ0) is 27.7. The molecule has 0 aliphatic carbocycles. The fraction of sp³-hybridized carbons (Fsp3) is 0.481. The van der Waals surface area contributed by atoms with Gasteiger partial charge in [0.2, 0.25) is 0 Å². The van der Waals surface area contributed by atoms with Crippen LogP contribution in [0.5, 0.6) is 0 Å². The number of morpholine rings is 1. The number of carboxylic acid groups (broad SMARTS) is 1. The summed E-state index contributed by atoms with van der Waals surface area (Å²) < 4.78 is 31.9. The van der Waals surface area contributed by atoms with Crippen molar-refractivity contribution in [1.29, 1.82) is 0 Å². The summed E-state index contributed by atoms with van der Waals surface area (Å²) in [7, 11) is -3.65. The Labute approximate surface area is 228 Å². The second-order valence-corrected chi connectivity index (χ2v) is 14.3. The molecule has 3 rings (SSSR count). The van der Waals surface area contributed by atoms with Gasteiger partial charge >= 0.3 is 5.97 Å². The van der Waals surface area contributed by atoms with Gasteiger partial charge in [0.1, 0.15) is 12.2 Å². The fourth-order valence-electron chi connectivity index (χ4n) is 4.43. The summed E-state index contributed by atoms with van der Waals surface area (Å²) in [4.78, 5) is 27.1. The minimum absolute atomic E-state index is 0.264. The molecule has 1 amide bonds. The SMILES string of the molecule is CC(C)C(CS(=O)(=O)C(C)(C)C)N1C(=O)[C@H](CC(=O)O)OC(c2cccc(Cl)c2)[C@H]1c1ccc(Cl)cc1. The molecule has 0 bridgehead atoms. The number of hydrogen-bond acceptors (Lipinski definition) is 5. The lowest BCUT2D eigenvalue weighted by atomic mass is 9.88. The zero-order valence-electron chi connectivity index (χ0n) is 21.5. The van der Waals surface area contributed by atoms with Crippen LogP contribution in [0.3, 0.4) is 0 Å². The number of sulfone groups is 1. The Bertz CT molecular complexity index is 1240. The van der Waals surface area contributed by atoms with Gasteiger partial charge in [-0.1, -0.05) is 61.3 Å². The molecule has 2 unspecified atom stereocenters. The number of halogens is 2. The van der Waals surface area contributed by atoms with E-state index in [4.69, 9.17) is 27.9 Å². The summed E-state index contributed by atoms with van der Waals surface area (Å²) in [6, 6.07) is 12.4. The van der Waals surface area contributed by atoms with Crippen molar-refractivity contribution in [3.8, 4) is 0 Å². The van der Waals surface area contributed by atoms with Crippen molar-refractivity contribution in [2.75, 3.05) is 5.75 Å². The Morgan fingerprint density at radius 3 is 2.19 bits per heavy atom. The van der Waals surface area contributed by atoms with Crippen molar-refractivity contribution in [2.45, 2.75) is 70.1 Å². The van der Waals surface area contributed by atoms with Gasteiger partial charge in [0.05, 0.1) is 23.0 Å². The van der Waals surface area contributed by atoms with Crippen LogP contribution in [0.15, 0.2) is 48.5 Å². The van der Waals surface area contributed by atoms with E-state index in [1.165, 1.54) is 4.90 Å². The van der Waals surface area contributed by atoms with E-state index in [0.29, 0.717) is 21.2 Å². The molecule has 0 aromatic heterocycles. The Morgan fingerprint density at radius 1 is 1.05 bits per heavy atom. The van der Waals surface area contributed by atoms with Crippen molar-refractivity contribution < 1.29 is 27.9 Å². The summed E-state index contributed by atoms with van der Waals surface area (Å²) in [6.07, 6.45) is -2.67. The first kappa shape index (κ1) is 29.4. The third-order valence-electron chi connectivity index (χ3n) is 6.63. The van der Waals surface area contributed by atoms with Crippen molar-refractivity contribution in [3.63, 3.8) is 0 Å². The number of carbonyl (C=O) groups excluding carboxylic acids is 1. The molecular weight excluding hydrogens is 537 g/mol. The van der Waals surface area contributed by atoms with Gasteiger partial charge in [-0.05, 0) is 62.1 Å². The van der Waals surface area contributed by atoms with Crippen molar-refractivity contribution in [2.24, 2.45) is 5.92 Å². The van der Waals surface area contributed by atoms with Crippen LogP contribution < -0.4 is 0 Å². The monoisotopic (exact) mass is 569 g/mol. The predicted molar refractivity (Wildman–Crippen MR) is 145 cm³/mol. The van der Waals surface area contributed by atoms with Crippen LogP contribution in [0.25, 0.3) is 0 Å². The molecule has 7 nitrogen and oxygen atoms in total. The van der Waals surface area contributed by atoms with Crippen LogP contribution in [-0.2, 0) is 24.2 Å². The highest BCUT2D eigenvalue weighted by Gasteiger charge is 2.49. The fourth-order valence-corrected chi connectivity index (χ4v) is 6.25. The third-order valence-corrected chi connectivity index (χ3v) is 9.76. The average molecular weight is 571 g/mol. The van der Waals surface area contributed by atoms with Gasteiger partial charge in [0.25, 0.3) is 5.91 Å². The third kappa shape index (κ3) is 6.66. The highest BCUT2D eigenvalue weighted by atomic mass is 35.5. The second kappa shape index (κ2) is 11.3. The predicted octanol–water partition coefficient (Wildman–Crippen LogP) is 5.72. The molecule has 202 valence electrons. The number of ether oxygens (including phenoxy) is 1. The number of carboxylic acids is 1. The number of hydrogen-bond donors (Lipinski definition) is 1. The second-order valence-electron chi connectivity index (χ2n) is 10.6. The molecule has 0 saturated carbocycles. The van der Waals surface area contributed by atoms with Crippen molar-refractivity contribution >= 4 is 44.9 Å². The summed E-state index contributed by atoms with van der Waals surface area (Å²) in [5.41, 5.74) is 1.32. The van der Waals surface area contributed by atoms with Crippen LogP contribution >= 0.6 is 23.2 Å². The molecule has 10 heteroatoms. The maximum absolute atomic E-state index is 13.9. The van der Waals surface area contributed by atoms with Gasteiger partial charge in [-0.25, -0.2) is 8.42 Å². The van der Waals surface area contributed by atoms with E-state index in [1.807, 2.05) is 13.8 Å². The van der Waals surface area contributed by atoms with Crippen LogP contribution in [-0.4, -0.2) is 52.9 Å². The lowest BCUT2D eigenvalue weighted by Gasteiger charge is -2.49. The van der Waals surface area contributed by atoms with Gasteiger partial charge in [-0.15, -0.1) is 0 Å². The van der Waals surface area contributed by atoms with E-state index >= 15 is 0 Å². The molecular formula is C27H33Cl2NO6S. The average Bonchev–Trinajstić information content (AvgIpc) is 2.78. The molecule has 4 atom stereocenters. The first-order chi connectivity index (χ1) is 17.1. The van der Waals surface area contributed by atoms with Crippen LogP contribution in [0.2, 0.25) is 10.0 Å². The summed E-state index contributed by atoms with van der Waals surface area (Å²) >= 11 is 12.4. The van der Waals surface area contributed by atoms with Crippen molar-refractivity contribution in [3.05, 3.63) is 69.7 Å². The molecule has 1 saturated heterocycles. The quantitative estimate of drug-likeness (QED) is 0.436. The van der Waals surface area contributed by atoms with Gasteiger partial charge in [0, 0.05) is 16.1 Å². The zero-order valence-corrected chi connectivity index (χ0v) is 23.8. The van der Waals surface area contributed by atoms with Crippen LogP contribution in [0, 0.1) is 5.92 Å². The molecule has 2 aromatic rings. The van der Waals surface area contributed by atoms with Gasteiger partial charge < -0.3 is 14.7 Å². The Morgan fingerprint density at radius 2 is 1.68 bits per heavy atom. The van der Waals surface area contributed by atoms with Gasteiger partial charge in [-0.3, -0.25) is 9.59 Å². The van der Waals surface area contributed by atoms with E-state index in [9.17, 15) is 23.1 Å². The molecule has 1 heterocycles. The number of carbonyl (C=O) groups is 2. The van der Waals surface area contributed by atoms with Crippen LogP contribution in [0.4, 0.5) is 0 Å². The Hall–Kier alpha value is -2.13. The highest BCUT2D eigenvalue weighted by Crippen LogP contribution is 2.45.